The molecule has 4 aliphatic carbocycles. The quantitative estimate of drug-likeness (QED) is 0.254. The molecule has 1 atom stereocenters. The van der Waals surface area contributed by atoms with Crippen LogP contribution in [0.3, 0.4) is 0 Å². The van der Waals surface area contributed by atoms with Gasteiger partial charge in [0.25, 0.3) is 0 Å². The van der Waals surface area contributed by atoms with E-state index in [0.717, 1.165) is 19.3 Å². The minimum atomic E-state index is -6.22. The van der Waals surface area contributed by atoms with Crippen LogP contribution in [0.4, 0.5) is 22.0 Å². The van der Waals surface area contributed by atoms with Crippen LogP contribution in [0.15, 0.2) is 0 Å². The first kappa shape index (κ1) is 23.1. The second-order valence-corrected chi connectivity index (χ2v) is 9.96. The Bertz CT molecular complexity index is 804. The van der Waals surface area contributed by atoms with E-state index in [0.29, 0.717) is 0 Å². The molecule has 0 heterocycles. The molecule has 0 amide bonds. The maximum atomic E-state index is 13.6. The van der Waals surface area contributed by atoms with Crippen LogP contribution in [0.1, 0.15) is 38.5 Å². The van der Waals surface area contributed by atoms with Crippen LogP contribution in [0, 0.1) is 23.2 Å². The predicted octanol–water partition coefficient (Wildman–Crippen LogP) is 2.59. The number of hydrogen-bond donors (Lipinski definition) is 2. The van der Waals surface area contributed by atoms with E-state index in [1.165, 1.54) is 0 Å². The van der Waals surface area contributed by atoms with Gasteiger partial charge in [-0.1, -0.05) is 0 Å². The van der Waals surface area contributed by atoms with Crippen molar-refractivity contribution in [1.29, 1.82) is 0 Å². The second-order valence-electron chi connectivity index (χ2n) is 8.41. The van der Waals surface area contributed by atoms with Gasteiger partial charge >= 0.3 is 39.3 Å². The molecule has 0 aromatic rings. The van der Waals surface area contributed by atoms with Crippen molar-refractivity contribution < 1.29 is 59.1 Å². The van der Waals surface area contributed by atoms with Crippen LogP contribution >= 0.6 is 0 Å². The van der Waals surface area contributed by atoms with Crippen molar-refractivity contribution in [3.8, 4) is 0 Å². The number of aliphatic carboxylic acids is 1. The number of hydrogen-bond acceptors (Lipinski definition) is 6. The average Bonchev–Trinajstić information content (AvgIpc) is 2.54. The fraction of sp³-hybridized carbons (Fsp3) is 0.875. The molecule has 4 bridgehead atoms. The predicted molar refractivity (Wildman–Crippen MR) is 85.6 cm³/mol. The zero-order valence-corrected chi connectivity index (χ0v) is 16.1. The second kappa shape index (κ2) is 6.99. The van der Waals surface area contributed by atoms with Gasteiger partial charge in [-0.3, -0.25) is 9.35 Å². The standard InChI is InChI=1S/C16H19F5O8S/c17-14(18,30(25,26)27)7-28-15(11(22)23,16(19,20)21)29-12(24)13-4-8-1-9(5-13)3-10(2-8)6-13/h8-10H,1-7H2,(H,22,23)(H,25,26,27). The largest absolute Gasteiger partial charge is 0.476 e. The maximum absolute atomic E-state index is 13.6. The molecule has 4 rings (SSSR count). The number of halogens is 5. The summed E-state index contributed by atoms with van der Waals surface area (Å²) < 4.78 is 105. The Morgan fingerprint density at radius 2 is 1.40 bits per heavy atom. The lowest BCUT2D eigenvalue weighted by Gasteiger charge is -2.55. The van der Waals surface area contributed by atoms with E-state index in [9.17, 15) is 40.0 Å². The molecule has 0 saturated heterocycles. The summed E-state index contributed by atoms with van der Waals surface area (Å²) >= 11 is 0. The Morgan fingerprint density at radius 3 is 1.73 bits per heavy atom. The third-order valence-electron chi connectivity index (χ3n) is 6.18. The third kappa shape index (κ3) is 3.77. The van der Waals surface area contributed by atoms with E-state index < -0.39 is 51.3 Å². The molecule has 14 heteroatoms. The first-order valence-corrected chi connectivity index (χ1v) is 10.5. The Kier molecular flexibility index (Phi) is 5.39. The number of esters is 1. The minimum absolute atomic E-state index is 0.0682. The van der Waals surface area contributed by atoms with E-state index in [-0.39, 0.29) is 37.0 Å². The van der Waals surface area contributed by atoms with Crippen LogP contribution in [-0.4, -0.2) is 53.8 Å². The van der Waals surface area contributed by atoms with Gasteiger partial charge in [0.2, 0.25) is 0 Å². The fourth-order valence-corrected chi connectivity index (χ4v) is 5.46. The molecule has 0 radical (unpaired) electrons. The average molecular weight is 466 g/mol. The molecule has 4 saturated carbocycles. The van der Waals surface area contributed by atoms with Crippen molar-refractivity contribution in [1.82, 2.24) is 0 Å². The fourth-order valence-electron chi connectivity index (χ4n) is 5.26. The number of carboxylic acid groups (broad SMARTS) is 1. The Hall–Kier alpha value is -1.54. The van der Waals surface area contributed by atoms with Crippen LogP contribution < -0.4 is 0 Å². The highest BCUT2D eigenvalue weighted by molar-refractivity contribution is 7.86. The van der Waals surface area contributed by atoms with Crippen LogP contribution in [0.2, 0.25) is 0 Å². The molecule has 0 aromatic heterocycles. The van der Waals surface area contributed by atoms with Crippen molar-refractivity contribution >= 4 is 22.1 Å². The smallest absolute Gasteiger partial charge is 0.468 e. The highest BCUT2D eigenvalue weighted by atomic mass is 32.2. The number of carboxylic acids is 1. The maximum Gasteiger partial charge on any atom is 0.468 e. The van der Waals surface area contributed by atoms with Crippen molar-refractivity contribution in [2.24, 2.45) is 23.2 Å². The zero-order chi connectivity index (χ0) is 22.8. The SMILES string of the molecule is O=C(OC(OCC(F)(F)S(=O)(=O)O)(C(=O)O)C(F)(F)F)C12CC3CC(CC(C3)C1)C2. The highest BCUT2D eigenvalue weighted by Gasteiger charge is 2.70. The monoisotopic (exact) mass is 466 g/mol. The molecule has 4 fully saturated rings. The summed E-state index contributed by atoms with van der Waals surface area (Å²) in [7, 11) is -6.22. The van der Waals surface area contributed by atoms with Crippen LogP contribution in [0.25, 0.3) is 0 Å². The van der Waals surface area contributed by atoms with Gasteiger partial charge in [0, 0.05) is 0 Å². The lowest BCUT2D eigenvalue weighted by molar-refractivity contribution is -0.362. The molecule has 2 N–H and O–H groups in total. The Balaban J connectivity index is 1.90. The summed E-state index contributed by atoms with van der Waals surface area (Å²) in [5.41, 5.74) is -1.38. The van der Waals surface area contributed by atoms with E-state index in [2.05, 4.69) is 9.47 Å². The number of alkyl halides is 5. The summed E-state index contributed by atoms with van der Waals surface area (Å²) in [6.45, 7) is -2.70. The number of carbonyl (C=O) groups excluding carboxylic acids is 1. The molecule has 172 valence electrons. The zero-order valence-electron chi connectivity index (χ0n) is 15.3. The number of rotatable bonds is 7. The van der Waals surface area contributed by atoms with Gasteiger partial charge < -0.3 is 14.6 Å². The van der Waals surface area contributed by atoms with Gasteiger partial charge in [0.1, 0.15) is 6.61 Å². The van der Waals surface area contributed by atoms with E-state index >= 15 is 0 Å². The van der Waals surface area contributed by atoms with Gasteiger partial charge in [-0.2, -0.15) is 30.4 Å². The van der Waals surface area contributed by atoms with E-state index in [1.54, 1.807) is 0 Å². The topological polar surface area (TPSA) is 127 Å². The van der Waals surface area contributed by atoms with Crippen molar-refractivity contribution in [2.45, 2.75) is 55.7 Å². The van der Waals surface area contributed by atoms with Gasteiger partial charge in [-0.05, 0) is 56.3 Å². The molecule has 0 aromatic carbocycles. The van der Waals surface area contributed by atoms with Crippen LogP contribution in [0.5, 0.6) is 0 Å². The summed E-state index contributed by atoms with van der Waals surface area (Å²) in [6, 6.07) is 0. The molecule has 1 unspecified atom stereocenters. The summed E-state index contributed by atoms with van der Waals surface area (Å²) in [5, 5.41) is 3.84. The van der Waals surface area contributed by atoms with Gasteiger partial charge in [0.05, 0.1) is 5.41 Å². The lowest BCUT2D eigenvalue weighted by Crippen LogP contribution is -2.61. The molecule has 0 aliphatic heterocycles. The molecular weight excluding hydrogens is 447 g/mol. The van der Waals surface area contributed by atoms with Crippen molar-refractivity contribution in [3.05, 3.63) is 0 Å². The van der Waals surface area contributed by atoms with E-state index in [4.69, 9.17) is 9.66 Å². The van der Waals surface area contributed by atoms with Crippen molar-refractivity contribution in [3.63, 3.8) is 0 Å². The molecule has 0 spiro atoms. The summed E-state index contributed by atoms with van der Waals surface area (Å²) in [4.78, 5) is 24.2. The Morgan fingerprint density at radius 1 is 0.967 bits per heavy atom. The van der Waals surface area contributed by atoms with Gasteiger partial charge in [0.15, 0.2) is 0 Å². The number of carbonyl (C=O) groups is 2. The third-order valence-corrected chi connectivity index (χ3v) is 7.06. The molecule has 8 nitrogen and oxygen atoms in total. The minimum Gasteiger partial charge on any atom is -0.476 e. The highest BCUT2D eigenvalue weighted by Crippen LogP contribution is 2.61. The summed E-state index contributed by atoms with van der Waals surface area (Å²) in [5.74, 6) is -9.14. The first-order valence-electron chi connectivity index (χ1n) is 9.04. The molecule has 30 heavy (non-hydrogen) atoms. The molecular formula is C16H19F5O8S. The lowest BCUT2D eigenvalue weighted by atomic mass is 9.49. The Labute approximate surface area is 167 Å². The first-order chi connectivity index (χ1) is 13.5. The van der Waals surface area contributed by atoms with Crippen molar-refractivity contribution in [2.75, 3.05) is 6.61 Å². The molecule has 4 aliphatic rings. The van der Waals surface area contributed by atoms with Gasteiger partial charge in [-0.25, -0.2) is 4.79 Å². The summed E-state index contributed by atoms with van der Waals surface area (Å²) in [6.07, 6.45) is -3.06. The van der Waals surface area contributed by atoms with E-state index in [1.807, 2.05) is 0 Å². The number of ether oxygens (including phenoxy) is 2. The van der Waals surface area contributed by atoms with Crippen LogP contribution in [-0.2, 0) is 29.2 Å². The normalized spacial score (nSPS) is 33.2. The van der Waals surface area contributed by atoms with Gasteiger partial charge in [-0.15, -0.1) is 0 Å².